The van der Waals surface area contributed by atoms with Crippen LogP contribution in [-0.4, -0.2) is 52.3 Å². The van der Waals surface area contributed by atoms with E-state index >= 15 is 0 Å². The van der Waals surface area contributed by atoms with Crippen molar-refractivity contribution in [1.29, 1.82) is 0 Å². The maximum atomic E-state index is 13.7. The van der Waals surface area contributed by atoms with E-state index in [0.29, 0.717) is 17.4 Å². The quantitative estimate of drug-likeness (QED) is 0.101. The lowest BCUT2D eigenvalue weighted by atomic mass is 10.0. The number of nitrogens with zero attached hydrogens (tertiary/aromatic N) is 4. The van der Waals surface area contributed by atoms with Crippen LogP contribution in [0.25, 0.3) is 20.9 Å². The number of piperidine rings is 1. The maximum absolute atomic E-state index is 13.7. The molecule has 0 bridgehead atoms. The van der Waals surface area contributed by atoms with Crippen LogP contribution in [0.1, 0.15) is 31.7 Å². The number of hydrogen-bond acceptors (Lipinski definition) is 7. The molecule has 4 N–H and O–H groups in total. The standard InChI is InChI=1S/C32H35N7OS/c1-3-18-39-19-15-24(16-20-39)35-22(2)21-28(36-29(33)23-10-5-4-6-11-23)30(40)37-26-13-8-7-12-25(26)31-38-27-14-9-17-34-32(27)41-31/h4-14,17,21,24,35H,2-3,15-16,18-20H2,1H3,(H2,33,36)(H,37,40)/b28-21-. The second-order valence-corrected chi connectivity index (χ2v) is 11.0. The number of amidine groups is 1. The van der Waals surface area contributed by atoms with Crippen LogP contribution >= 0.6 is 11.3 Å². The minimum absolute atomic E-state index is 0.160. The number of rotatable bonds is 10. The third kappa shape index (κ3) is 7.25. The Kier molecular flexibility index (Phi) is 9.18. The van der Waals surface area contributed by atoms with Gasteiger partial charge in [0.2, 0.25) is 0 Å². The molecule has 0 spiro atoms. The second-order valence-electron chi connectivity index (χ2n) is 10.0. The Morgan fingerprint density at radius 1 is 1.12 bits per heavy atom. The molecule has 0 aliphatic carbocycles. The first kappa shape index (κ1) is 28.2. The van der Waals surface area contributed by atoms with Crippen molar-refractivity contribution in [3.05, 3.63) is 103 Å². The van der Waals surface area contributed by atoms with Gasteiger partial charge in [-0.3, -0.25) is 4.79 Å². The number of para-hydroxylation sites is 1. The number of hydrogen-bond donors (Lipinski definition) is 3. The Labute approximate surface area is 244 Å². The van der Waals surface area contributed by atoms with Crippen LogP contribution in [-0.2, 0) is 4.79 Å². The highest BCUT2D eigenvalue weighted by Crippen LogP contribution is 2.33. The van der Waals surface area contributed by atoms with Crippen LogP contribution in [0.15, 0.2) is 102 Å². The van der Waals surface area contributed by atoms with E-state index in [-0.39, 0.29) is 11.5 Å². The van der Waals surface area contributed by atoms with Crippen LogP contribution in [0, 0.1) is 0 Å². The van der Waals surface area contributed by atoms with Gasteiger partial charge in [-0.25, -0.2) is 15.0 Å². The van der Waals surface area contributed by atoms with E-state index in [4.69, 9.17) is 10.7 Å². The number of pyridine rings is 1. The van der Waals surface area contributed by atoms with Gasteiger partial charge in [-0.05, 0) is 56.1 Å². The van der Waals surface area contributed by atoms with E-state index < -0.39 is 5.91 Å². The number of carbonyl (C=O) groups excluding carboxylic acids is 1. The Morgan fingerprint density at radius 2 is 1.88 bits per heavy atom. The molecule has 0 unspecified atom stereocenters. The molecule has 0 radical (unpaired) electrons. The molecule has 5 rings (SSSR count). The van der Waals surface area contributed by atoms with Crippen molar-refractivity contribution < 1.29 is 4.79 Å². The Morgan fingerprint density at radius 3 is 2.63 bits per heavy atom. The number of aromatic nitrogens is 2. The molecule has 210 valence electrons. The van der Waals surface area contributed by atoms with Crippen LogP contribution < -0.4 is 16.4 Å². The number of anilines is 1. The van der Waals surface area contributed by atoms with E-state index in [2.05, 4.69) is 39.0 Å². The van der Waals surface area contributed by atoms with Crippen LogP contribution in [0.2, 0.25) is 0 Å². The molecule has 2 aromatic heterocycles. The maximum Gasteiger partial charge on any atom is 0.274 e. The van der Waals surface area contributed by atoms with E-state index in [1.165, 1.54) is 11.3 Å². The molecule has 1 amide bonds. The van der Waals surface area contributed by atoms with Gasteiger partial charge in [-0.1, -0.05) is 67.3 Å². The number of likely N-dealkylation sites (tertiary alicyclic amines) is 1. The molecule has 1 aliphatic rings. The zero-order valence-corrected chi connectivity index (χ0v) is 24.0. The highest BCUT2D eigenvalue weighted by Gasteiger charge is 2.20. The third-order valence-corrected chi connectivity index (χ3v) is 7.96. The number of amides is 1. The molecular formula is C32H35N7OS. The van der Waals surface area contributed by atoms with Gasteiger partial charge in [-0.2, -0.15) is 0 Å². The number of benzene rings is 2. The van der Waals surface area contributed by atoms with E-state index in [1.807, 2.05) is 66.7 Å². The molecule has 0 atom stereocenters. The highest BCUT2D eigenvalue weighted by atomic mass is 32.1. The molecule has 3 heterocycles. The zero-order valence-electron chi connectivity index (χ0n) is 23.2. The number of thiazole rings is 1. The minimum atomic E-state index is -0.392. The van der Waals surface area contributed by atoms with Crippen molar-refractivity contribution in [3.63, 3.8) is 0 Å². The van der Waals surface area contributed by atoms with Crippen molar-refractivity contribution in [2.24, 2.45) is 10.7 Å². The van der Waals surface area contributed by atoms with E-state index in [9.17, 15) is 4.79 Å². The number of allylic oxidation sites excluding steroid dienone is 1. The highest BCUT2D eigenvalue weighted by molar-refractivity contribution is 7.21. The van der Waals surface area contributed by atoms with Gasteiger partial charge >= 0.3 is 0 Å². The third-order valence-electron chi connectivity index (χ3n) is 6.94. The summed E-state index contributed by atoms with van der Waals surface area (Å²) in [6.45, 7) is 9.63. The predicted molar refractivity (Wildman–Crippen MR) is 169 cm³/mol. The Balaban J connectivity index is 1.39. The van der Waals surface area contributed by atoms with Gasteiger partial charge < -0.3 is 21.3 Å². The first-order valence-electron chi connectivity index (χ1n) is 13.9. The number of aliphatic imine (C=N–C) groups is 1. The van der Waals surface area contributed by atoms with Crippen molar-refractivity contribution in [2.45, 2.75) is 32.2 Å². The lowest BCUT2D eigenvalue weighted by molar-refractivity contribution is -0.112. The summed E-state index contributed by atoms with van der Waals surface area (Å²) in [5.41, 5.74) is 10.1. The Hall–Kier alpha value is -4.34. The summed E-state index contributed by atoms with van der Waals surface area (Å²) < 4.78 is 0. The SMILES string of the molecule is C=C(/C=C(\N=C(/N)c1ccccc1)C(=O)Nc1ccccc1-c1nc2cccnc2s1)NC1CCN(CCC)CC1. The molecule has 1 fully saturated rings. The summed E-state index contributed by atoms with van der Waals surface area (Å²) in [5.74, 6) is -0.144. The van der Waals surface area contributed by atoms with Crippen molar-refractivity contribution in [1.82, 2.24) is 20.2 Å². The lowest BCUT2D eigenvalue weighted by Crippen LogP contribution is -2.42. The van der Waals surface area contributed by atoms with Crippen LogP contribution in [0.3, 0.4) is 0 Å². The van der Waals surface area contributed by atoms with Gasteiger partial charge in [0.1, 0.15) is 26.9 Å². The van der Waals surface area contributed by atoms with Crippen molar-refractivity contribution in [2.75, 3.05) is 25.0 Å². The lowest BCUT2D eigenvalue weighted by Gasteiger charge is -2.32. The summed E-state index contributed by atoms with van der Waals surface area (Å²) in [6, 6.07) is 21.1. The molecule has 2 aromatic carbocycles. The summed E-state index contributed by atoms with van der Waals surface area (Å²) in [5, 5.41) is 7.30. The molecule has 1 saturated heterocycles. The van der Waals surface area contributed by atoms with Crippen LogP contribution in [0.5, 0.6) is 0 Å². The van der Waals surface area contributed by atoms with Crippen molar-refractivity contribution in [3.8, 4) is 10.6 Å². The first-order valence-corrected chi connectivity index (χ1v) is 14.7. The normalized spacial score (nSPS) is 15.1. The van der Waals surface area contributed by atoms with Crippen LogP contribution in [0.4, 0.5) is 5.69 Å². The molecule has 4 aromatic rings. The topological polar surface area (TPSA) is 109 Å². The molecule has 41 heavy (non-hydrogen) atoms. The zero-order chi connectivity index (χ0) is 28.6. The molecule has 1 aliphatic heterocycles. The predicted octanol–water partition coefficient (Wildman–Crippen LogP) is 5.56. The van der Waals surface area contributed by atoms with E-state index in [0.717, 1.165) is 65.4 Å². The monoisotopic (exact) mass is 565 g/mol. The van der Waals surface area contributed by atoms with Gasteiger partial charge in [-0.15, -0.1) is 0 Å². The average molecular weight is 566 g/mol. The second kappa shape index (κ2) is 13.3. The minimum Gasteiger partial charge on any atom is -0.383 e. The average Bonchev–Trinajstić information content (AvgIpc) is 3.43. The van der Waals surface area contributed by atoms with Gasteiger partial charge in [0.15, 0.2) is 0 Å². The van der Waals surface area contributed by atoms with Gasteiger partial charge in [0, 0.05) is 42.2 Å². The summed E-state index contributed by atoms with van der Waals surface area (Å²) in [4.78, 5) is 30.8. The first-order chi connectivity index (χ1) is 20.0. The number of carbonyl (C=O) groups is 1. The summed E-state index contributed by atoms with van der Waals surface area (Å²) in [6.07, 6.45) is 6.63. The number of nitrogens with two attached hydrogens (primary N) is 1. The fraction of sp³-hybridized carbons (Fsp3) is 0.250. The Bertz CT molecular complexity index is 1540. The fourth-order valence-electron chi connectivity index (χ4n) is 4.89. The molecule has 0 saturated carbocycles. The summed E-state index contributed by atoms with van der Waals surface area (Å²) in [7, 11) is 0. The summed E-state index contributed by atoms with van der Waals surface area (Å²) >= 11 is 1.48. The van der Waals surface area contributed by atoms with Gasteiger partial charge in [0.05, 0.1) is 5.69 Å². The number of fused-ring (bicyclic) bond motifs is 1. The largest absolute Gasteiger partial charge is 0.383 e. The molecular weight excluding hydrogens is 530 g/mol. The van der Waals surface area contributed by atoms with Crippen molar-refractivity contribution >= 4 is 39.1 Å². The number of nitrogens with one attached hydrogen (secondary N) is 2. The smallest absolute Gasteiger partial charge is 0.274 e. The van der Waals surface area contributed by atoms with E-state index in [1.54, 1.807) is 12.3 Å². The fourth-order valence-corrected chi connectivity index (χ4v) is 5.83. The van der Waals surface area contributed by atoms with Gasteiger partial charge in [0.25, 0.3) is 5.91 Å². The molecule has 8 nitrogen and oxygen atoms in total. The molecule has 9 heteroatoms.